The molecule has 4 nitrogen and oxygen atoms in total. The Labute approximate surface area is 64.9 Å². The lowest BCUT2D eigenvalue weighted by Crippen LogP contribution is -2.16. The summed E-state index contributed by atoms with van der Waals surface area (Å²) in [5.41, 5.74) is 12.2. The number of pyridine rings is 1. The van der Waals surface area contributed by atoms with Crippen LogP contribution in [0.15, 0.2) is 18.3 Å². The monoisotopic (exact) mass is 153 g/mol. The first-order valence-corrected chi connectivity index (χ1v) is 3.32. The van der Waals surface area contributed by atoms with E-state index in [1.54, 1.807) is 18.3 Å². The molecule has 0 bridgehead atoms. The van der Waals surface area contributed by atoms with Gasteiger partial charge in [-0.25, -0.2) is 0 Å². The zero-order valence-corrected chi connectivity index (χ0v) is 6.07. The molecule has 0 unspecified atom stereocenters. The molecule has 0 amide bonds. The fourth-order valence-electron chi connectivity index (χ4n) is 0.762. The molecule has 4 heteroatoms. The number of aromatic nitrogens is 1. The molecule has 5 N–H and O–H groups in total. The summed E-state index contributed by atoms with van der Waals surface area (Å²) in [4.78, 5) is 3.95. The number of anilines is 1. The van der Waals surface area contributed by atoms with Gasteiger partial charge in [0.1, 0.15) is 0 Å². The number of hydrogen-bond donors (Lipinski definition) is 3. The minimum Gasteiger partial charge on any atom is -0.399 e. The standard InChI is InChI=1S/C7H11N3O/c8-5-1-2-10-7(3-5)6(9)4-11/h1-3,6,11H,4,9H2,(H2,8,10)/t6-/m0/s1. The molecule has 11 heavy (non-hydrogen) atoms. The van der Waals surface area contributed by atoms with Crippen molar-refractivity contribution in [1.82, 2.24) is 4.98 Å². The third-order valence-corrected chi connectivity index (χ3v) is 1.38. The van der Waals surface area contributed by atoms with E-state index >= 15 is 0 Å². The average Bonchev–Trinajstić information content (AvgIpc) is 2.03. The van der Waals surface area contributed by atoms with Crippen LogP contribution in [0.5, 0.6) is 0 Å². The molecular weight excluding hydrogens is 142 g/mol. The highest BCUT2D eigenvalue weighted by Crippen LogP contribution is 2.08. The highest BCUT2D eigenvalue weighted by atomic mass is 16.3. The Morgan fingerprint density at radius 3 is 2.91 bits per heavy atom. The van der Waals surface area contributed by atoms with Crippen molar-refractivity contribution >= 4 is 5.69 Å². The Balaban J connectivity index is 2.86. The van der Waals surface area contributed by atoms with Gasteiger partial charge in [0, 0.05) is 11.9 Å². The van der Waals surface area contributed by atoms with E-state index in [0.29, 0.717) is 11.4 Å². The van der Waals surface area contributed by atoms with Crippen molar-refractivity contribution in [3.8, 4) is 0 Å². The lowest BCUT2D eigenvalue weighted by atomic mass is 10.2. The topological polar surface area (TPSA) is 85.2 Å². The molecule has 1 aromatic heterocycles. The van der Waals surface area contributed by atoms with Crippen molar-refractivity contribution in [3.05, 3.63) is 24.0 Å². The normalized spacial score (nSPS) is 12.9. The second-order valence-electron chi connectivity index (χ2n) is 2.30. The Morgan fingerprint density at radius 1 is 1.64 bits per heavy atom. The maximum atomic E-state index is 8.67. The van der Waals surface area contributed by atoms with Gasteiger partial charge in [0.05, 0.1) is 18.3 Å². The molecule has 0 aliphatic rings. The summed E-state index contributed by atoms with van der Waals surface area (Å²) < 4.78 is 0. The fraction of sp³-hybridized carbons (Fsp3) is 0.286. The van der Waals surface area contributed by atoms with Crippen LogP contribution in [0, 0.1) is 0 Å². The van der Waals surface area contributed by atoms with Crippen molar-refractivity contribution < 1.29 is 5.11 Å². The summed E-state index contributed by atoms with van der Waals surface area (Å²) in [6.07, 6.45) is 1.57. The smallest absolute Gasteiger partial charge is 0.0705 e. The van der Waals surface area contributed by atoms with Crippen molar-refractivity contribution in [1.29, 1.82) is 0 Å². The van der Waals surface area contributed by atoms with Gasteiger partial charge >= 0.3 is 0 Å². The van der Waals surface area contributed by atoms with Crippen LogP contribution in [0.1, 0.15) is 11.7 Å². The maximum absolute atomic E-state index is 8.67. The van der Waals surface area contributed by atoms with E-state index in [9.17, 15) is 0 Å². The van der Waals surface area contributed by atoms with Crippen molar-refractivity contribution in [3.63, 3.8) is 0 Å². The highest BCUT2D eigenvalue weighted by molar-refractivity contribution is 5.37. The largest absolute Gasteiger partial charge is 0.399 e. The molecule has 0 aliphatic heterocycles. The van der Waals surface area contributed by atoms with Crippen LogP contribution in [-0.2, 0) is 0 Å². The third-order valence-electron chi connectivity index (χ3n) is 1.38. The van der Waals surface area contributed by atoms with E-state index in [4.69, 9.17) is 16.6 Å². The van der Waals surface area contributed by atoms with Gasteiger partial charge in [-0.2, -0.15) is 0 Å². The summed E-state index contributed by atoms with van der Waals surface area (Å²) >= 11 is 0. The average molecular weight is 153 g/mol. The number of hydrogen-bond acceptors (Lipinski definition) is 4. The molecule has 0 saturated carbocycles. The Kier molecular flexibility index (Phi) is 2.40. The quantitative estimate of drug-likeness (QED) is 0.542. The molecule has 0 saturated heterocycles. The maximum Gasteiger partial charge on any atom is 0.0705 e. The van der Waals surface area contributed by atoms with Gasteiger partial charge in [0.25, 0.3) is 0 Å². The first-order valence-electron chi connectivity index (χ1n) is 3.32. The van der Waals surface area contributed by atoms with E-state index in [2.05, 4.69) is 4.98 Å². The van der Waals surface area contributed by atoms with E-state index in [-0.39, 0.29) is 6.61 Å². The zero-order chi connectivity index (χ0) is 8.27. The van der Waals surface area contributed by atoms with Gasteiger partial charge in [-0.05, 0) is 12.1 Å². The first-order chi connectivity index (χ1) is 5.24. The summed E-state index contributed by atoms with van der Waals surface area (Å²) in [5.74, 6) is 0. The van der Waals surface area contributed by atoms with Crippen LogP contribution in [0.25, 0.3) is 0 Å². The Morgan fingerprint density at radius 2 is 2.36 bits per heavy atom. The van der Waals surface area contributed by atoms with Crippen LogP contribution in [-0.4, -0.2) is 16.7 Å². The Hall–Kier alpha value is -1.13. The van der Waals surface area contributed by atoms with Crippen LogP contribution in [0.2, 0.25) is 0 Å². The molecule has 0 spiro atoms. The van der Waals surface area contributed by atoms with E-state index in [1.807, 2.05) is 0 Å². The minimum atomic E-state index is -0.432. The van der Waals surface area contributed by atoms with Crippen molar-refractivity contribution in [2.45, 2.75) is 6.04 Å². The highest BCUT2D eigenvalue weighted by Gasteiger charge is 2.04. The fourth-order valence-corrected chi connectivity index (χ4v) is 0.762. The summed E-state index contributed by atoms with van der Waals surface area (Å²) in [7, 11) is 0. The SMILES string of the molecule is Nc1ccnc([C@@H](N)CO)c1. The molecule has 1 rings (SSSR count). The van der Waals surface area contributed by atoms with Gasteiger partial charge < -0.3 is 16.6 Å². The van der Waals surface area contributed by atoms with Crippen LogP contribution in [0.4, 0.5) is 5.69 Å². The van der Waals surface area contributed by atoms with Crippen molar-refractivity contribution in [2.24, 2.45) is 5.73 Å². The number of nitrogens with two attached hydrogens (primary N) is 2. The number of nitrogens with zero attached hydrogens (tertiary/aromatic N) is 1. The van der Waals surface area contributed by atoms with Gasteiger partial charge in [-0.3, -0.25) is 4.98 Å². The third kappa shape index (κ3) is 1.89. The molecule has 1 heterocycles. The van der Waals surface area contributed by atoms with Gasteiger partial charge in [0.2, 0.25) is 0 Å². The zero-order valence-electron chi connectivity index (χ0n) is 6.07. The number of rotatable bonds is 2. The molecule has 1 aromatic rings. The number of aliphatic hydroxyl groups excluding tert-OH is 1. The van der Waals surface area contributed by atoms with Crippen LogP contribution < -0.4 is 11.5 Å². The van der Waals surface area contributed by atoms with E-state index in [1.165, 1.54) is 0 Å². The Bertz CT molecular complexity index is 239. The molecule has 0 aromatic carbocycles. The van der Waals surface area contributed by atoms with Gasteiger partial charge in [-0.15, -0.1) is 0 Å². The van der Waals surface area contributed by atoms with E-state index in [0.717, 1.165) is 0 Å². The lowest BCUT2D eigenvalue weighted by molar-refractivity contribution is 0.266. The van der Waals surface area contributed by atoms with Gasteiger partial charge in [0.15, 0.2) is 0 Å². The predicted octanol–water partition coefficient (Wildman–Crippen LogP) is -0.344. The van der Waals surface area contributed by atoms with Crippen LogP contribution >= 0.6 is 0 Å². The first kappa shape index (κ1) is 7.97. The van der Waals surface area contributed by atoms with Crippen molar-refractivity contribution in [2.75, 3.05) is 12.3 Å². The molecule has 60 valence electrons. The molecule has 1 atom stereocenters. The molecule has 0 aliphatic carbocycles. The molecular formula is C7H11N3O. The summed E-state index contributed by atoms with van der Waals surface area (Å²) in [6.45, 7) is -0.115. The lowest BCUT2D eigenvalue weighted by Gasteiger charge is -2.06. The minimum absolute atomic E-state index is 0.115. The predicted molar refractivity (Wildman–Crippen MR) is 42.7 cm³/mol. The molecule has 0 radical (unpaired) electrons. The summed E-state index contributed by atoms with van der Waals surface area (Å²) in [6, 6.07) is 2.90. The summed E-state index contributed by atoms with van der Waals surface area (Å²) in [5, 5.41) is 8.67. The van der Waals surface area contributed by atoms with Gasteiger partial charge in [-0.1, -0.05) is 0 Å². The second kappa shape index (κ2) is 3.32. The second-order valence-corrected chi connectivity index (χ2v) is 2.30. The van der Waals surface area contributed by atoms with Crippen LogP contribution in [0.3, 0.4) is 0 Å². The van der Waals surface area contributed by atoms with E-state index < -0.39 is 6.04 Å². The number of aliphatic hydroxyl groups is 1. The molecule has 0 fully saturated rings. The number of nitrogen functional groups attached to an aromatic ring is 1.